The SMILES string of the molecule is CC(C)CCN1CCN(c2cccc(Cl)c2)CC1. The fourth-order valence-electron chi connectivity index (χ4n) is 2.34. The maximum absolute atomic E-state index is 6.04. The monoisotopic (exact) mass is 266 g/mol. The van der Waals surface area contributed by atoms with Crippen molar-refractivity contribution in [3.8, 4) is 0 Å². The molecule has 0 aromatic heterocycles. The Morgan fingerprint density at radius 1 is 1.17 bits per heavy atom. The van der Waals surface area contributed by atoms with Crippen LogP contribution in [0.1, 0.15) is 20.3 Å². The van der Waals surface area contributed by atoms with E-state index in [1.54, 1.807) is 0 Å². The molecule has 0 N–H and O–H groups in total. The lowest BCUT2D eigenvalue weighted by Crippen LogP contribution is -2.46. The molecule has 1 aliphatic heterocycles. The van der Waals surface area contributed by atoms with Crippen molar-refractivity contribution < 1.29 is 0 Å². The fraction of sp³-hybridized carbons (Fsp3) is 0.600. The number of halogens is 1. The first-order valence-corrected chi connectivity index (χ1v) is 7.26. The third kappa shape index (κ3) is 3.89. The van der Waals surface area contributed by atoms with Crippen molar-refractivity contribution in [3.05, 3.63) is 29.3 Å². The van der Waals surface area contributed by atoms with Crippen LogP contribution in [-0.2, 0) is 0 Å². The van der Waals surface area contributed by atoms with Crippen LogP contribution in [0, 0.1) is 5.92 Å². The molecule has 0 aliphatic carbocycles. The standard InChI is InChI=1S/C15H23ClN2/c1-13(2)6-7-17-8-10-18(11-9-17)15-5-3-4-14(16)12-15/h3-5,12-13H,6-11H2,1-2H3. The van der Waals surface area contributed by atoms with E-state index in [0.29, 0.717) is 0 Å². The van der Waals surface area contributed by atoms with Crippen molar-refractivity contribution in [2.75, 3.05) is 37.6 Å². The van der Waals surface area contributed by atoms with Gasteiger partial charge < -0.3 is 4.90 Å². The number of nitrogens with zero attached hydrogens (tertiary/aromatic N) is 2. The fourth-order valence-corrected chi connectivity index (χ4v) is 2.53. The smallest absolute Gasteiger partial charge is 0.0426 e. The number of benzene rings is 1. The number of hydrogen-bond acceptors (Lipinski definition) is 2. The number of rotatable bonds is 4. The maximum Gasteiger partial charge on any atom is 0.0426 e. The lowest BCUT2D eigenvalue weighted by molar-refractivity contribution is 0.244. The molecule has 3 heteroatoms. The van der Waals surface area contributed by atoms with Gasteiger partial charge in [-0.3, -0.25) is 4.90 Å². The summed E-state index contributed by atoms with van der Waals surface area (Å²) in [4.78, 5) is 5.00. The van der Waals surface area contributed by atoms with Crippen LogP contribution in [0.25, 0.3) is 0 Å². The Labute approximate surface area is 116 Å². The molecule has 18 heavy (non-hydrogen) atoms. The third-order valence-corrected chi connectivity index (χ3v) is 3.80. The van der Waals surface area contributed by atoms with E-state index in [9.17, 15) is 0 Å². The van der Waals surface area contributed by atoms with Crippen molar-refractivity contribution in [3.63, 3.8) is 0 Å². The van der Waals surface area contributed by atoms with Gasteiger partial charge in [-0.05, 0) is 37.1 Å². The van der Waals surface area contributed by atoms with Crippen molar-refractivity contribution in [2.45, 2.75) is 20.3 Å². The molecule has 0 spiro atoms. The molecular weight excluding hydrogens is 244 g/mol. The second kappa shape index (κ2) is 6.44. The molecule has 1 saturated heterocycles. The van der Waals surface area contributed by atoms with Gasteiger partial charge in [-0.25, -0.2) is 0 Å². The van der Waals surface area contributed by atoms with Crippen LogP contribution in [0.15, 0.2) is 24.3 Å². The quantitative estimate of drug-likeness (QED) is 0.823. The summed E-state index contributed by atoms with van der Waals surface area (Å²) in [6.07, 6.45) is 1.30. The van der Waals surface area contributed by atoms with E-state index in [-0.39, 0.29) is 0 Å². The molecule has 0 atom stereocenters. The third-order valence-electron chi connectivity index (χ3n) is 3.57. The highest BCUT2D eigenvalue weighted by molar-refractivity contribution is 6.30. The second-order valence-electron chi connectivity index (χ2n) is 5.49. The van der Waals surface area contributed by atoms with Gasteiger partial charge in [0.15, 0.2) is 0 Å². The van der Waals surface area contributed by atoms with Crippen LogP contribution in [0.3, 0.4) is 0 Å². The van der Waals surface area contributed by atoms with Crippen LogP contribution in [0.4, 0.5) is 5.69 Å². The average molecular weight is 267 g/mol. The van der Waals surface area contributed by atoms with Crippen molar-refractivity contribution in [1.29, 1.82) is 0 Å². The first-order chi connectivity index (χ1) is 8.65. The van der Waals surface area contributed by atoms with Gasteiger partial charge in [0.25, 0.3) is 0 Å². The van der Waals surface area contributed by atoms with Crippen LogP contribution < -0.4 is 4.90 Å². The minimum absolute atomic E-state index is 0.802. The maximum atomic E-state index is 6.04. The summed E-state index contributed by atoms with van der Waals surface area (Å²) in [6.45, 7) is 10.4. The zero-order valence-corrected chi connectivity index (χ0v) is 12.2. The second-order valence-corrected chi connectivity index (χ2v) is 5.93. The van der Waals surface area contributed by atoms with Gasteiger partial charge in [0, 0.05) is 36.9 Å². The van der Waals surface area contributed by atoms with E-state index >= 15 is 0 Å². The van der Waals surface area contributed by atoms with E-state index in [2.05, 4.69) is 35.8 Å². The topological polar surface area (TPSA) is 6.48 Å². The minimum atomic E-state index is 0.802. The zero-order valence-electron chi connectivity index (χ0n) is 11.4. The molecule has 1 aliphatic rings. The Kier molecular flexibility index (Phi) is 4.90. The Morgan fingerprint density at radius 3 is 2.50 bits per heavy atom. The van der Waals surface area contributed by atoms with Crippen molar-refractivity contribution in [1.82, 2.24) is 4.90 Å². The minimum Gasteiger partial charge on any atom is -0.369 e. The summed E-state index contributed by atoms with van der Waals surface area (Å²) in [5.74, 6) is 0.802. The van der Waals surface area contributed by atoms with Gasteiger partial charge in [0.1, 0.15) is 0 Å². The Balaban J connectivity index is 1.83. The molecule has 1 heterocycles. The number of hydrogen-bond donors (Lipinski definition) is 0. The Hall–Kier alpha value is -0.730. The van der Waals surface area contributed by atoms with E-state index in [0.717, 1.165) is 24.0 Å². The number of piperazine rings is 1. The predicted molar refractivity (Wildman–Crippen MR) is 79.6 cm³/mol. The van der Waals surface area contributed by atoms with Crippen molar-refractivity contribution in [2.24, 2.45) is 5.92 Å². The van der Waals surface area contributed by atoms with Gasteiger partial charge in [-0.15, -0.1) is 0 Å². The highest BCUT2D eigenvalue weighted by Crippen LogP contribution is 2.20. The van der Waals surface area contributed by atoms with Gasteiger partial charge in [0.2, 0.25) is 0 Å². The summed E-state index contributed by atoms with van der Waals surface area (Å²) in [7, 11) is 0. The predicted octanol–water partition coefficient (Wildman–Crippen LogP) is 3.51. The van der Waals surface area contributed by atoms with Gasteiger partial charge >= 0.3 is 0 Å². The summed E-state index contributed by atoms with van der Waals surface area (Å²) < 4.78 is 0. The van der Waals surface area contributed by atoms with Crippen molar-refractivity contribution >= 4 is 17.3 Å². The molecule has 1 aromatic carbocycles. The molecular formula is C15H23ClN2. The molecule has 100 valence electrons. The normalized spacial score (nSPS) is 17.4. The van der Waals surface area contributed by atoms with E-state index in [1.165, 1.54) is 31.7 Å². The van der Waals surface area contributed by atoms with Gasteiger partial charge in [-0.2, -0.15) is 0 Å². The lowest BCUT2D eigenvalue weighted by atomic mass is 10.1. The molecule has 1 fully saturated rings. The van der Waals surface area contributed by atoms with E-state index in [4.69, 9.17) is 11.6 Å². The summed E-state index contributed by atoms with van der Waals surface area (Å²) in [6, 6.07) is 8.17. The van der Waals surface area contributed by atoms with Gasteiger partial charge in [-0.1, -0.05) is 31.5 Å². The Morgan fingerprint density at radius 2 is 1.89 bits per heavy atom. The highest BCUT2D eigenvalue weighted by atomic mass is 35.5. The largest absolute Gasteiger partial charge is 0.369 e. The molecule has 0 unspecified atom stereocenters. The summed E-state index contributed by atoms with van der Waals surface area (Å²) in [5.41, 5.74) is 1.26. The van der Waals surface area contributed by atoms with Gasteiger partial charge in [0.05, 0.1) is 0 Å². The molecule has 2 rings (SSSR count). The molecule has 0 bridgehead atoms. The average Bonchev–Trinajstić information content (AvgIpc) is 2.37. The summed E-state index contributed by atoms with van der Waals surface area (Å²) in [5, 5.41) is 0.828. The first kappa shape index (κ1) is 13.7. The zero-order chi connectivity index (χ0) is 13.0. The van der Waals surface area contributed by atoms with Crippen LogP contribution in [-0.4, -0.2) is 37.6 Å². The first-order valence-electron chi connectivity index (χ1n) is 6.88. The molecule has 0 radical (unpaired) electrons. The molecule has 0 saturated carbocycles. The molecule has 1 aromatic rings. The van der Waals surface area contributed by atoms with E-state index in [1.807, 2.05) is 12.1 Å². The van der Waals surface area contributed by atoms with E-state index < -0.39 is 0 Å². The van der Waals surface area contributed by atoms with Crippen LogP contribution in [0.5, 0.6) is 0 Å². The molecule has 2 nitrogen and oxygen atoms in total. The highest BCUT2D eigenvalue weighted by Gasteiger charge is 2.17. The van der Waals surface area contributed by atoms with Crippen LogP contribution >= 0.6 is 11.6 Å². The summed E-state index contributed by atoms with van der Waals surface area (Å²) >= 11 is 6.04. The Bertz CT molecular complexity index is 371. The molecule has 0 amide bonds. The van der Waals surface area contributed by atoms with Crippen LogP contribution in [0.2, 0.25) is 5.02 Å². The lowest BCUT2D eigenvalue weighted by Gasteiger charge is -2.36. The number of anilines is 1.